The lowest BCUT2D eigenvalue weighted by atomic mass is 9.89. The van der Waals surface area contributed by atoms with Gasteiger partial charge in [0.05, 0.1) is 0 Å². The summed E-state index contributed by atoms with van der Waals surface area (Å²) < 4.78 is 0. The van der Waals surface area contributed by atoms with Crippen LogP contribution in [0.3, 0.4) is 0 Å². The molecule has 0 saturated carbocycles. The Bertz CT molecular complexity index is 427. The van der Waals surface area contributed by atoms with Crippen molar-refractivity contribution in [3.05, 3.63) is 29.3 Å². The fourth-order valence-electron chi connectivity index (χ4n) is 3.89. The van der Waals surface area contributed by atoms with Crippen molar-refractivity contribution >= 4 is 5.69 Å². The normalized spacial score (nSPS) is 30.8. The SMILES string of the molecule is Cc1cccc(N2C3CCC2CC(CN)C3)c1C. The Hall–Kier alpha value is -1.02. The van der Waals surface area contributed by atoms with E-state index < -0.39 is 0 Å². The van der Waals surface area contributed by atoms with Crippen LogP contribution in [0.5, 0.6) is 0 Å². The molecule has 1 aromatic rings. The topological polar surface area (TPSA) is 29.3 Å². The van der Waals surface area contributed by atoms with E-state index in [2.05, 4.69) is 36.9 Å². The molecule has 3 rings (SSSR count). The summed E-state index contributed by atoms with van der Waals surface area (Å²) in [5.41, 5.74) is 10.2. The van der Waals surface area contributed by atoms with E-state index in [1.54, 1.807) is 0 Å². The van der Waals surface area contributed by atoms with Gasteiger partial charge < -0.3 is 10.6 Å². The second-order valence-corrected chi connectivity index (χ2v) is 6.08. The molecule has 2 unspecified atom stereocenters. The minimum Gasteiger partial charge on any atom is -0.365 e. The fraction of sp³-hybridized carbons (Fsp3) is 0.625. The Morgan fingerprint density at radius 1 is 1.17 bits per heavy atom. The van der Waals surface area contributed by atoms with Crippen LogP contribution in [0.1, 0.15) is 36.8 Å². The van der Waals surface area contributed by atoms with Gasteiger partial charge >= 0.3 is 0 Å². The zero-order valence-corrected chi connectivity index (χ0v) is 11.5. The lowest BCUT2D eigenvalue weighted by Gasteiger charge is -2.41. The Morgan fingerprint density at radius 2 is 1.83 bits per heavy atom. The summed E-state index contributed by atoms with van der Waals surface area (Å²) in [4.78, 5) is 2.70. The smallest absolute Gasteiger partial charge is 0.0403 e. The molecule has 0 aliphatic carbocycles. The van der Waals surface area contributed by atoms with Crippen LogP contribution in [0.4, 0.5) is 5.69 Å². The molecule has 2 fully saturated rings. The van der Waals surface area contributed by atoms with E-state index in [-0.39, 0.29) is 0 Å². The zero-order chi connectivity index (χ0) is 12.7. The monoisotopic (exact) mass is 244 g/mol. The van der Waals surface area contributed by atoms with Crippen LogP contribution in [-0.2, 0) is 0 Å². The first-order valence-electron chi connectivity index (χ1n) is 7.25. The number of rotatable bonds is 2. The lowest BCUT2D eigenvalue weighted by molar-refractivity contribution is 0.346. The summed E-state index contributed by atoms with van der Waals surface area (Å²) in [5, 5.41) is 0. The number of aryl methyl sites for hydroxylation is 1. The summed E-state index contributed by atoms with van der Waals surface area (Å²) in [6, 6.07) is 8.19. The maximum Gasteiger partial charge on any atom is 0.0403 e. The van der Waals surface area contributed by atoms with Gasteiger partial charge in [-0.05, 0) is 69.2 Å². The van der Waals surface area contributed by atoms with Gasteiger partial charge in [0.2, 0.25) is 0 Å². The van der Waals surface area contributed by atoms with Gasteiger partial charge in [0, 0.05) is 17.8 Å². The molecule has 2 N–H and O–H groups in total. The number of hydrogen-bond donors (Lipinski definition) is 1. The van der Waals surface area contributed by atoms with Crippen molar-refractivity contribution in [1.82, 2.24) is 0 Å². The summed E-state index contributed by atoms with van der Waals surface area (Å²) in [5.74, 6) is 0.754. The third-order valence-corrected chi connectivity index (χ3v) is 5.02. The number of piperidine rings is 1. The number of fused-ring (bicyclic) bond motifs is 2. The van der Waals surface area contributed by atoms with Crippen molar-refractivity contribution in [3.63, 3.8) is 0 Å². The third-order valence-electron chi connectivity index (χ3n) is 5.02. The molecule has 2 saturated heterocycles. The second kappa shape index (κ2) is 4.58. The molecule has 2 atom stereocenters. The van der Waals surface area contributed by atoms with E-state index in [1.165, 1.54) is 42.5 Å². The first-order valence-corrected chi connectivity index (χ1v) is 7.25. The Morgan fingerprint density at radius 3 is 2.44 bits per heavy atom. The highest BCUT2D eigenvalue weighted by atomic mass is 15.2. The van der Waals surface area contributed by atoms with Gasteiger partial charge in [0.25, 0.3) is 0 Å². The van der Waals surface area contributed by atoms with E-state index in [9.17, 15) is 0 Å². The number of hydrogen-bond acceptors (Lipinski definition) is 2. The minimum atomic E-state index is 0.734. The molecular weight excluding hydrogens is 220 g/mol. The average Bonchev–Trinajstić information content (AvgIpc) is 2.63. The molecule has 2 heterocycles. The van der Waals surface area contributed by atoms with Crippen molar-refractivity contribution in [2.45, 2.75) is 51.6 Å². The van der Waals surface area contributed by atoms with Crippen LogP contribution in [0.25, 0.3) is 0 Å². The molecule has 1 aromatic carbocycles. The van der Waals surface area contributed by atoms with Crippen LogP contribution in [-0.4, -0.2) is 18.6 Å². The van der Waals surface area contributed by atoms with Crippen molar-refractivity contribution in [1.29, 1.82) is 0 Å². The predicted molar refractivity (Wildman–Crippen MR) is 77.0 cm³/mol. The van der Waals surface area contributed by atoms with Crippen LogP contribution in [0, 0.1) is 19.8 Å². The molecule has 2 aliphatic heterocycles. The number of nitrogens with two attached hydrogens (primary N) is 1. The van der Waals surface area contributed by atoms with Gasteiger partial charge in [-0.15, -0.1) is 0 Å². The fourth-order valence-corrected chi connectivity index (χ4v) is 3.89. The van der Waals surface area contributed by atoms with Crippen molar-refractivity contribution < 1.29 is 0 Å². The van der Waals surface area contributed by atoms with Gasteiger partial charge in [-0.3, -0.25) is 0 Å². The Balaban J connectivity index is 1.92. The molecule has 0 radical (unpaired) electrons. The number of benzene rings is 1. The van der Waals surface area contributed by atoms with E-state index in [4.69, 9.17) is 5.73 Å². The molecule has 2 bridgehead atoms. The standard InChI is InChI=1S/C16H24N2/c1-11-4-3-5-16(12(11)2)18-14-6-7-15(18)9-13(8-14)10-17/h3-5,13-15H,6-10,17H2,1-2H3. The number of anilines is 1. The van der Waals surface area contributed by atoms with Gasteiger partial charge in [-0.25, -0.2) is 0 Å². The molecule has 0 amide bonds. The van der Waals surface area contributed by atoms with E-state index in [0.29, 0.717) is 0 Å². The van der Waals surface area contributed by atoms with Gasteiger partial charge in [0.15, 0.2) is 0 Å². The van der Waals surface area contributed by atoms with Crippen molar-refractivity contribution in [3.8, 4) is 0 Å². The summed E-state index contributed by atoms with van der Waals surface area (Å²) in [6.45, 7) is 5.35. The molecule has 0 aromatic heterocycles. The largest absolute Gasteiger partial charge is 0.365 e. The predicted octanol–water partition coefficient (Wildman–Crippen LogP) is 3.01. The van der Waals surface area contributed by atoms with Crippen LogP contribution >= 0.6 is 0 Å². The van der Waals surface area contributed by atoms with Crippen LogP contribution in [0.15, 0.2) is 18.2 Å². The Labute approximate surface area is 110 Å². The maximum absolute atomic E-state index is 5.88. The summed E-state index contributed by atoms with van der Waals surface area (Å²) in [6.07, 6.45) is 5.30. The van der Waals surface area contributed by atoms with E-state index in [0.717, 1.165) is 24.5 Å². The van der Waals surface area contributed by atoms with Crippen molar-refractivity contribution in [2.24, 2.45) is 11.7 Å². The van der Waals surface area contributed by atoms with Gasteiger partial charge in [-0.1, -0.05) is 12.1 Å². The van der Waals surface area contributed by atoms with Crippen LogP contribution < -0.4 is 10.6 Å². The van der Waals surface area contributed by atoms with E-state index >= 15 is 0 Å². The molecular formula is C16H24N2. The molecule has 2 aliphatic rings. The van der Waals surface area contributed by atoms with Gasteiger partial charge in [0.1, 0.15) is 0 Å². The van der Waals surface area contributed by atoms with E-state index in [1.807, 2.05) is 0 Å². The highest BCUT2D eigenvalue weighted by Gasteiger charge is 2.40. The highest BCUT2D eigenvalue weighted by Crippen LogP contribution is 2.42. The molecule has 0 spiro atoms. The minimum absolute atomic E-state index is 0.734. The molecule has 98 valence electrons. The quantitative estimate of drug-likeness (QED) is 0.866. The summed E-state index contributed by atoms with van der Waals surface area (Å²) >= 11 is 0. The third kappa shape index (κ3) is 1.83. The number of nitrogens with zero attached hydrogens (tertiary/aromatic N) is 1. The maximum atomic E-state index is 5.88. The molecule has 18 heavy (non-hydrogen) atoms. The molecule has 2 nitrogen and oxygen atoms in total. The van der Waals surface area contributed by atoms with Crippen molar-refractivity contribution in [2.75, 3.05) is 11.4 Å². The first kappa shape index (κ1) is 12.0. The lowest BCUT2D eigenvalue weighted by Crippen LogP contribution is -2.44. The zero-order valence-electron chi connectivity index (χ0n) is 11.5. The Kier molecular flexibility index (Phi) is 3.06. The summed E-state index contributed by atoms with van der Waals surface area (Å²) in [7, 11) is 0. The second-order valence-electron chi connectivity index (χ2n) is 6.08. The molecule has 2 heteroatoms. The van der Waals surface area contributed by atoms with Gasteiger partial charge in [-0.2, -0.15) is 0 Å². The van der Waals surface area contributed by atoms with Crippen LogP contribution in [0.2, 0.25) is 0 Å². The average molecular weight is 244 g/mol. The first-order chi connectivity index (χ1) is 8.70. The highest BCUT2D eigenvalue weighted by molar-refractivity contribution is 5.58.